The number of carboxylic acids is 1. The molecule has 57 heavy (non-hydrogen) atoms. The van der Waals surface area contributed by atoms with Gasteiger partial charge in [0, 0.05) is 11.1 Å². The molecule has 0 atom stereocenters. The largest absolute Gasteiger partial charge is 0.545 e. The second kappa shape index (κ2) is 18.3. The molecular formula is C49H36O7S. The van der Waals surface area contributed by atoms with Crippen LogP contribution in [0, 0.1) is 0 Å². The molecule has 0 aliphatic rings. The van der Waals surface area contributed by atoms with E-state index in [1.165, 1.54) is 11.0 Å². The molecule has 0 aromatic heterocycles. The van der Waals surface area contributed by atoms with Crippen molar-refractivity contribution in [2.24, 2.45) is 0 Å². The molecule has 0 saturated carbocycles. The zero-order chi connectivity index (χ0) is 39.4. The van der Waals surface area contributed by atoms with Gasteiger partial charge in [-0.1, -0.05) is 103 Å². The van der Waals surface area contributed by atoms with Crippen molar-refractivity contribution in [2.45, 2.75) is 14.7 Å². The van der Waals surface area contributed by atoms with E-state index < -0.39 is 5.97 Å². The fourth-order valence-corrected chi connectivity index (χ4v) is 7.96. The first kappa shape index (κ1) is 37.9. The van der Waals surface area contributed by atoms with E-state index in [-0.39, 0.29) is 45.2 Å². The molecule has 8 aromatic carbocycles. The van der Waals surface area contributed by atoms with Gasteiger partial charge in [0.2, 0.25) is 5.75 Å². The zero-order valence-electron chi connectivity index (χ0n) is 30.5. The van der Waals surface area contributed by atoms with Gasteiger partial charge in [0.25, 0.3) is 0 Å². The summed E-state index contributed by atoms with van der Waals surface area (Å²) in [5.74, 6) is 1.33. The van der Waals surface area contributed by atoms with Gasteiger partial charge in [0.05, 0.1) is 16.9 Å². The number of rotatable bonds is 11. The molecule has 0 bridgehead atoms. The summed E-state index contributed by atoms with van der Waals surface area (Å²) >= 11 is 0. The average Bonchev–Trinajstić information content (AvgIpc) is 3.25. The highest BCUT2D eigenvalue weighted by Gasteiger charge is 2.29. The van der Waals surface area contributed by atoms with Crippen LogP contribution in [0.1, 0.15) is 10.4 Å². The number of carbonyl (C=O) groups is 1. The van der Waals surface area contributed by atoms with Crippen LogP contribution >= 0.6 is 0 Å². The van der Waals surface area contributed by atoms with Gasteiger partial charge in [-0.2, -0.15) is 0 Å². The summed E-state index contributed by atoms with van der Waals surface area (Å²) < 4.78 is 18.8. The van der Waals surface area contributed by atoms with E-state index in [1.807, 2.05) is 127 Å². The van der Waals surface area contributed by atoms with Gasteiger partial charge in [-0.15, -0.1) is 0 Å². The van der Waals surface area contributed by atoms with Crippen LogP contribution in [0.25, 0.3) is 11.1 Å². The normalized spacial score (nSPS) is 10.5. The van der Waals surface area contributed by atoms with Gasteiger partial charge in [0.1, 0.15) is 28.7 Å². The van der Waals surface area contributed by atoms with Crippen molar-refractivity contribution >= 4 is 16.9 Å². The molecule has 0 fully saturated rings. The summed E-state index contributed by atoms with van der Waals surface area (Å²) in [5.41, 5.74) is 0.871. The van der Waals surface area contributed by atoms with Crippen LogP contribution in [0.3, 0.4) is 0 Å². The number of aromatic carboxylic acids is 1. The van der Waals surface area contributed by atoms with E-state index in [9.17, 15) is 20.1 Å². The molecular weight excluding hydrogens is 733 g/mol. The predicted octanol–water partition coefficient (Wildman–Crippen LogP) is 11.3. The van der Waals surface area contributed by atoms with Crippen molar-refractivity contribution in [1.82, 2.24) is 0 Å². The smallest absolute Gasteiger partial charge is 0.213 e. The minimum atomic E-state index is -1.36. The maximum absolute atomic E-state index is 12.4. The van der Waals surface area contributed by atoms with E-state index in [0.29, 0.717) is 28.4 Å². The highest BCUT2D eigenvalue weighted by Crippen LogP contribution is 2.51. The van der Waals surface area contributed by atoms with Gasteiger partial charge >= 0.3 is 0 Å². The lowest BCUT2D eigenvalue weighted by molar-refractivity contribution is -0.255. The molecule has 8 rings (SSSR count). The highest BCUT2D eigenvalue weighted by molar-refractivity contribution is 7.97. The number of para-hydroxylation sites is 3. The number of carboxylic acid groups (broad SMARTS) is 1. The summed E-state index contributed by atoms with van der Waals surface area (Å²) in [7, 11) is -0.253. The molecule has 7 nitrogen and oxygen atoms in total. The molecule has 0 heterocycles. The van der Waals surface area contributed by atoms with E-state index in [2.05, 4.69) is 12.1 Å². The Labute approximate surface area is 333 Å². The fourth-order valence-electron chi connectivity index (χ4n) is 5.90. The van der Waals surface area contributed by atoms with Crippen molar-refractivity contribution in [3.05, 3.63) is 212 Å². The summed E-state index contributed by atoms with van der Waals surface area (Å²) in [6, 6.07) is 62.7. The lowest BCUT2D eigenvalue weighted by Gasteiger charge is -2.23. The first-order valence-corrected chi connectivity index (χ1v) is 19.2. The maximum atomic E-state index is 12.4. The van der Waals surface area contributed by atoms with Gasteiger partial charge in [-0.25, -0.2) is 0 Å². The molecule has 0 aliphatic carbocycles. The Morgan fingerprint density at radius 2 is 0.807 bits per heavy atom. The third-order valence-electron chi connectivity index (χ3n) is 8.51. The minimum absolute atomic E-state index is 0.0847. The Morgan fingerprint density at radius 3 is 1.25 bits per heavy atom. The third kappa shape index (κ3) is 9.64. The van der Waals surface area contributed by atoms with E-state index in [4.69, 9.17) is 14.2 Å². The van der Waals surface area contributed by atoms with Gasteiger partial charge in [-0.05, 0) is 109 Å². The molecule has 8 heteroatoms. The van der Waals surface area contributed by atoms with Crippen LogP contribution in [-0.4, -0.2) is 16.2 Å². The van der Waals surface area contributed by atoms with Crippen molar-refractivity contribution in [3.8, 4) is 57.1 Å². The Morgan fingerprint density at radius 1 is 0.439 bits per heavy atom. The van der Waals surface area contributed by atoms with Crippen LogP contribution in [0.2, 0.25) is 0 Å². The maximum Gasteiger partial charge on any atom is 0.213 e. The SMILES string of the molecule is O=C([O-])c1cc(Oc2ccccc2)c(Oc2ccccc2)c(Oc2ccccc2)c1-c1ccccc1.Oc1ccc([S+](c2ccccc2)c2ccc(O)cc2)cc1. The van der Waals surface area contributed by atoms with Crippen LogP contribution in [-0.2, 0) is 10.9 Å². The average molecular weight is 769 g/mol. The standard InChI is InChI=1S/C31H22O5.C18H14O2S/c32-31(33)26-21-27(34-23-15-7-2-8-16-23)29(35-24-17-9-3-10-18-24)30(36-25-19-11-4-12-20-25)28(26)22-13-5-1-6-14-22;19-14-6-10-17(11-7-14)21(16-4-2-1-3-5-16)18-12-8-15(20)9-13-18/h1-21H,(H,32,33);1-13H,(H-,19,20). The predicted molar refractivity (Wildman–Crippen MR) is 221 cm³/mol. The number of phenols is 2. The molecule has 0 spiro atoms. The van der Waals surface area contributed by atoms with Crippen LogP contribution in [0.5, 0.6) is 46.0 Å². The lowest BCUT2D eigenvalue weighted by atomic mass is 9.97. The molecule has 0 unspecified atom stereocenters. The van der Waals surface area contributed by atoms with E-state index in [0.717, 1.165) is 9.79 Å². The first-order valence-electron chi connectivity index (χ1n) is 18.0. The second-order valence-corrected chi connectivity index (χ2v) is 14.5. The van der Waals surface area contributed by atoms with Crippen molar-refractivity contribution in [1.29, 1.82) is 0 Å². The Bertz CT molecular complexity index is 2450. The van der Waals surface area contributed by atoms with Crippen molar-refractivity contribution in [2.75, 3.05) is 0 Å². The molecule has 8 aromatic rings. The minimum Gasteiger partial charge on any atom is -0.545 e. The third-order valence-corrected chi connectivity index (χ3v) is 10.7. The van der Waals surface area contributed by atoms with E-state index in [1.54, 1.807) is 60.7 Å². The first-order chi connectivity index (χ1) is 27.9. The van der Waals surface area contributed by atoms with Crippen LogP contribution in [0.15, 0.2) is 221 Å². The number of phenolic OH excluding ortho intramolecular Hbond substituents is 2. The lowest BCUT2D eigenvalue weighted by Crippen LogP contribution is -2.23. The zero-order valence-corrected chi connectivity index (χ0v) is 31.3. The Kier molecular flexibility index (Phi) is 12.1. The summed E-state index contributed by atoms with van der Waals surface area (Å²) in [5, 5.41) is 31.4. The van der Waals surface area contributed by atoms with Crippen LogP contribution < -0.4 is 19.3 Å². The second-order valence-electron chi connectivity index (χ2n) is 12.5. The molecule has 0 amide bonds. The van der Waals surface area contributed by atoms with E-state index >= 15 is 0 Å². The summed E-state index contributed by atoms with van der Waals surface area (Å²) in [6.07, 6.45) is 0. The molecule has 0 saturated heterocycles. The number of hydrogen-bond acceptors (Lipinski definition) is 7. The van der Waals surface area contributed by atoms with Crippen molar-refractivity contribution < 1.29 is 34.3 Å². The number of hydrogen-bond donors (Lipinski definition) is 2. The molecule has 0 aliphatic heterocycles. The Balaban J connectivity index is 0.000000200. The molecule has 280 valence electrons. The van der Waals surface area contributed by atoms with Gasteiger partial charge in [0.15, 0.2) is 26.2 Å². The summed E-state index contributed by atoms with van der Waals surface area (Å²) in [4.78, 5) is 15.9. The van der Waals surface area contributed by atoms with Gasteiger partial charge in [-0.3, -0.25) is 0 Å². The quantitative estimate of drug-likeness (QED) is 0.126. The van der Waals surface area contributed by atoms with Crippen LogP contribution in [0.4, 0.5) is 0 Å². The summed E-state index contributed by atoms with van der Waals surface area (Å²) in [6.45, 7) is 0. The highest BCUT2D eigenvalue weighted by atomic mass is 32.2. The van der Waals surface area contributed by atoms with Crippen molar-refractivity contribution in [3.63, 3.8) is 0 Å². The van der Waals surface area contributed by atoms with Gasteiger partial charge < -0.3 is 34.3 Å². The number of benzene rings is 8. The monoisotopic (exact) mass is 768 g/mol. The number of ether oxygens (including phenoxy) is 3. The number of carbonyl (C=O) groups excluding carboxylic acids is 1. The topological polar surface area (TPSA) is 108 Å². The molecule has 2 N–H and O–H groups in total. The number of aromatic hydroxyl groups is 2. The molecule has 0 radical (unpaired) electrons. The fraction of sp³-hybridized carbons (Fsp3) is 0. The Hall–Kier alpha value is -7.42.